The van der Waals surface area contributed by atoms with Crippen molar-refractivity contribution in [3.8, 4) is 5.75 Å². The second-order valence-electron chi connectivity index (χ2n) is 5.65. The molecule has 1 amide bonds. The first-order valence-electron chi connectivity index (χ1n) is 7.96. The van der Waals surface area contributed by atoms with Crippen LogP contribution in [0.1, 0.15) is 15.9 Å². The molecule has 2 N–H and O–H groups in total. The minimum atomic E-state index is -0.642. The van der Waals surface area contributed by atoms with Gasteiger partial charge in [-0.15, -0.1) is 0 Å². The molecule has 0 fully saturated rings. The van der Waals surface area contributed by atoms with Crippen molar-refractivity contribution in [3.05, 3.63) is 77.9 Å². The highest BCUT2D eigenvalue weighted by atomic mass is 16.5. The highest BCUT2D eigenvalue weighted by Crippen LogP contribution is 2.23. The number of hydrogen-bond donors (Lipinski definition) is 2. The molecule has 130 valence electrons. The SMILES string of the molecule is COC(=O)c1ccc(NC(=O)/C=C/c2ccc3ccccc3c2)cc1O. The van der Waals surface area contributed by atoms with Gasteiger partial charge in [-0.1, -0.05) is 36.4 Å². The maximum atomic E-state index is 12.1. The van der Waals surface area contributed by atoms with Crippen molar-refractivity contribution in [1.29, 1.82) is 0 Å². The molecule has 0 aromatic heterocycles. The summed E-state index contributed by atoms with van der Waals surface area (Å²) in [6.07, 6.45) is 3.12. The minimum absolute atomic E-state index is 0.0391. The Kier molecular flexibility index (Phi) is 4.99. The normalized spacial score (nSPS) is 10.8. The maximum Gasteiger partial charge on any atom is 0.341 e. The third kappa shape index (κ3) is 3.89. The fraction of sp³-hybridized carbons (Fsp3) is 0.0476. The molecule has 0 saturated carbocycles. The molecular weight excluding hydrogens is 330 g/mol. The molecule has 0 unspecified atom stereocenters. The molecule has 3 rings (SSSR count). The third-order valence-corrected chi connectivity index (χ3v) is 3.87. The van der Waals surface area contributed by atoms with Gasteiger partial charge in [-0.25, -0.2) is 4.79 Å². The Balaban J connectivity index is 1.70. The van der Waals surface area contributed by atoms with E-state index in [-0.39, 0.29) is 17.2 Å². The number of hydrogen-bond acceptors (Lipinski definition) is 4. The van der Waals surface area contributed by atoms with Gasteiger partial charge >= 0.3 is 5.97 Å². The van der Waals surface area contributed by atoms with Crippen LogP contribution in [0, 0.1) is 0 Å². The van der Waals surface area contributed by atoms with Gasteiger partial charge in [0.1, 0.15) is 11.3 Å². The van der Waals surface area contributed by atoms with Crippen LogP contribution in [0.25, 0.3) is 16.8 Å². The summed E-state index contributed by atoms with van der Waals surface area (Å²) in [4.78, 5) is 23.5. The van der Waals surface area contributed by atoms with Gasteiger partial charge in [-0.05, 0) is 40.6 Å². The molecule has 0 aliphatic carbocycles. The number of phenols is 1. The Morgan fingerprint density at radius 2 is 1.77 bits per heavy atom. The summed E-state index contributed by atoms with van der Waals surface area (Å²) in [7, 11) is 1.23. The second-order valence-corrected chi connectivity index (χ2v) is 5.65. The van der Waals surface area contributed by atoms with E-state index in [2.05, 4.69) is 10.1 Å². The number of ether oxygens (including phenoxy) is 1. The number of carbonyl (C=O) groups is 2. The van der Waals surface area contributed by atoms with Gasteiger partial charge in [0, 0.05) is 17.8 Å². The van der Waals surface area contributed by atoms with Gasteiger partial charge in [0.15, 0.2) is 0 Å². The lowest BCUT2D eigenvalue weighted by Gasteiger charge is -2.06. The number of fused-ring (bicyclic) bond motifs is 1. The number of benzene rings is 3. The van der Waals surface area contributed by atoms with Crippen molar-refractivity contribution in [2.24, 2.45) is 0 Å². The fourth-order valence-electron chi connectivity index (χ4n) is 2.56. The topological polar surface area (TPSA) is 75.6 Å². The quantitative estimate of drug-likeness (QED) is 0.553. The van der Waals surface area contributed by atoms with Gasteiger partial charge in [-0.2, -0.15) is 0 Å². The van der Waals surface area contributed by atoms with Gasteiger partial charge in [-0.3, -0.25) is 4.79 Å². The molecule has 5 nitrogen and oxygen atoms in total. The van der Waals surface area contributed by atoms with E-state index in [9.17, 15) is 14.7 Å². The molecule has 0 atom stereocenters. The lowest BCUT2D eigenvalue weighted by Crippen LogP contribution is -2.08. The highest BCUT2D eigenvalue weighted by Gasteiger charge is 2.12. The lowest BCUT2D eigenvalue weighted by molar-refractivity contribution is -0.111. The zero-order valence-electron chi connectivity index (χ0n) is 14.1. The Labute approximate surface area is 150 Å². The first-order chi connectivity index (χ1) is 12.6. The Hall–Kier alpha value is -3.60. The van der Waals surface area contributed by atoms with Crippen LogP contribution in [-0.4, -0.2) is 24.1 Å². The van der Waals surface area contributed by atoms with Crippen LogP contribution in [0.4, 0.5) is 5.69 Å². The maximum absolute atomic E-state index is 12.1. The summed E-state index contributed by atoms with van der Waals surface area (Å²) in [5.41, 5.74) is 1.32. The van der Waals surface area contributed by atoms with Crippen molar-refractivity contribution >= 4 is 34.4 Å². The van der Waals surface area contributed by atoms with Gasteiger partial charge in [0.2, 0.25) is 5.91 Å². The summed E-state index contributed by atoms with van der Waals surface area (Å²) in [5.74, 6) is -1.24. The van der Waals surface area contributed by atoms with E-state index in [0.29, 0.717) is 5.69 Å². The van der Waals surface area contributed by atoms with Crippen molar-refractivity contribution in [2.75, 3.05) is 12.4 Å². The van der Waals surface area contributed by atoms with Gasteiger partial charge in [0.25, 0.3) is 0 Å². The largest absolute Gasteiger partial charge is 0.507 e. The molecule has 0 saturated heterocycles. The van der Waals surface area contributed by atoms with Crippen LogP contribution in [-0.2, 0) is 9.53 Å². The van der Waals surface area contributed by atoms with Crippen LogP contribution in [0.2, 0.25) is 0 Å². The van der Waals surface area contributed by atoms with E-state index in [1.54, 1.807) is 6.08 Å². The van der Waals surface area contributed by atoms with E-state index >= 15 is 0 Å². The van der Waals surface area contributed by atoms with E-state index in [0.717, 1.165) is 16.3 Å². The van der Waals surface area contributed by atoms with E-state index in [4.69, 9.17) is 0 Å². The molecular formula is C21H17NO4. The zero-order valence-corrected chi connectivity index (χ0v) is 14.1. The van der Waals surface area contributed by atoms with Crippen LogP contribution in [0.3, 0.4) is 0 Å². The first-order valence-corrected chi connectivity index (χ1v) is 7.96. The fourth-order valence-corrected chi connectivity index (χ4v) is 2.56. The van der Waals surface area contributed by atoms with Crippen molar-refractivity contribution < 1.29 is 19.4 Å². The minimum Gasteiger partial charge on any atom is -0.507 e. The molecule has 26 heavy (non-hydrogen) atoms. The first kappa shape index (κ1) is 17.2. The number of aromatic hydroxyl groups is 1. The number of nitrogens with one attached hydrogen (secondary N) is 1. The number of anilines is 1. The molecule has 3 aromatic carbocycles. The van der Waals surface area contributed by atoms with Crippen LogP contribution < -0.4 is 5.32 Å². The summed E-state index contributed by atoms with van der Waals surface area (Å²) in [6, 6.07) is 18.1. The average molecular weight is 347 g/mol. The van der Waals surface area contributed by atoms with E-state index in [1.807, 2.05) is 42.5 Å². The lowest BCUT2D eigenvalue weighted by atomic mass is 10.1. The van der Waals surface area contributed by atoms with Crippen molar-refractivity contribution in [3.63, 3.8) is 0 Å². The Bertz CT molecular complexity index is 1010. The predicted octanol–water partition coefficient (Wildman–Crippen LogP) is 3.98. The molecule has 0 radical (unpaired) electrons. The molecule has 0 heterocycles. The highest BCUT2D eigenvalue weighted by molar-refractivity contribution is 6.03. The number of rotatable bonds is 4. The predicted molar refractivity (Wildman–Crippen MR) is 101 cm³/mol. The smallest absolute Gasteiger partial charge is 0.341 e. The Morgan fingerprint density at radius 3 is 2.50 bits per heavy atom. The number of phenolic OH excluding ortho intramolecular Hbond substituents is 1. The Morgan fingerprint density at radius 1 is 1.00 bits per heavy atom. The molecule has 0 aliphatic rings. The van der Waals surface area contributed by atoms with E-state index in [1.165, 1.54) is 31.4 Å². The van der Waals surface area contributed by atoms with Gasteiger partial charge in [0.05, 0.1) is 7.11 Å². The zero-order chi connectivity index (χ0) is 18.5. The van der Waals surface area contributed by atoms with Crippen molar-refractivity contribution in [2.45, 2.75) is 0 Å². The summed E-state index contributed by atoms with van der Waals surface area (Å²) >= 11 is 0. The molecule has 5 heteroatoms. The summed E-state index contributed by atoms with van der Waals surface area (Å²) < 4.78 is 4.56. The molecule has 0 spiro atoms. The van der Waals surface area contributed by atoms with Crippen molar-refractivity contribution in [1.82, 2.24) is 0 Å². The van der Waals surface area contributed by atoms with E-state index < -0.39 is 5.97 Å². The number of esters is 1. The molecule has 3 aromatic rings. The van der Waals surface area contributed by atoms with Gasteiger partial charge < -0.3 is 15.2 Å². The number of amides is 1. The summed E-state index contributed by atoms with van der Waals surface area (Å²) in [5, 5.41) is 14.7. The standard InChI is InChI=1S/C21H17NO4/c1-26-21(25)18-10-9-17(13-19(18)23)22-20(24)11-7-14-6-8-15-4-2-3-5-16(15)12-14/h2-13,23H,1H3,(H,22,24)/b11-7+. The monoisotopic (exact) mass is 347 g/mol. The third-order valence-electron chi connectivity index (χ3n) is 3.87. The van der Waals surface area contributed by atoms with Crippen LogP contribution in [0.5, 0.6) is 5.75 Å². The molecule has 0 bridgehead atoms. The average Bonchev–Trinajstić information content (AvgIpc) is 2.65. The molecule has 0 aliphatic heterocycles. The summed E-state index contributed by atoms with van der Waals surface area (Å²) in [6.45, 7) is 0. The number of methoxy groups -OCH3 is 1. The second kappa shape index (κ2) is 7.53. The van der Waals surface area contributed by atoms with Crippen LogP contribution in [0.15, 0.2) is 66.7 Å². The van der Waals surface area contributed by atoms with Crippen LogP contribution >= 0.6 is 0 Å². The number of carbonyl (C=O) groups excluding carboxylic acids is 2.